The van der Waals surface area contributed by atoms with Gasteiger partial charge >= 0.3 is 0 Å². The first-order valence-corrected chi connectivity index (χ1v) is 9.88. The van der Waals surface area contributed by atoms with Crippen LogP contribution in [0.15, 0.2) is 47.8 Å². The Bertz CT molecular complexity index is 1100. The Morgan fingerprint density at radius 1 is 1.23 bits per heavy atom. The van der Waals surface area contributed by atoms with Gasteiger partial charge in [-0.3, -0.25) is 19.1 Å². The van der Waals surface area contributed by atoms with Gasteiger partial charge in [-0.2, -0.15) is 4.98 Å². The zero-order valence-corrected chi connectivity index (χ0v) is 16.7. The Morgan fingerprint density at radius 2 is 2.07 bits per heavy atom. The van der Waals surface area contributed by atoms with Gasteiger partial charge in [0.05, 0.1) is 43.3 Å². The minimum Gasteiger partial charge on any atom is -0.480 e. The molecule has 3 aromatic rings. The summed E-state index contributed by atoms with van der Waals surface area (Å²) in [4.78, 5) is 39.6. The van der Waals surface area contributed by atoms with E-state index in [2.05, 4.69) is 15.0 Å². The standard InChI is InChI=1S/C21H23N5O4/c1-29-18-11-22-12-19(24-18)30-15-5-4-9-25(13-15)20(27)8-10-26-14-23-17-7-3-2-6-16(17)21(26)28/h2-3,6-7,11-12,14-15H,4-5,8-10,13H2,1H3. The first kappa shape index (κ1) is 19.8. The highest BCUT2D eigenvalue weighted by Crippen LogP contribution is 2.18. The van der Waals surface area contributed by atoms with E-state index >= 15 is 0 Å². The molecule has 1 aliphatic rings. The minimum atomic E-state index is -0.158. The van der Waals surface area contributed by atoms with Crippen LogP contribution >= 0.6 is 0 Å². The van der Waals surface area contributed by atoms with Crippen LogP contribution in [0, 0.1) is 0 Å². The minimum absolute atomic E-state index is 0.0138. The van der Waals surface area contributed by atoms with Crippen molar-refractivity contribution >= 4 is 16.8 Å². The number of rotatable bonds is 6. The lowest BCUT2D eigenvalue weighted by molar-refractivity contribution is -0.134. The Kier molecular flexibility index (Phi) is 5.87. The van der Waals surface area contributed by atoms with Gasteiger partial charge in [0, 0.05) is 19.5 Å². The van der Waals surface area contributed by atoms with Gasteiger partial charge in [0.2, 0.25) is 17.7 Å². The third-order valence-corrected chi connectivity index (χ3v) is 5.12. The fourth-order valence-electron chi connectivity index (χ4n) is 3.56. The summed E-state index contributed by atoms with van der Waals surface area (Å²) < 4.78 is 12.4. The van der Waals surface area contributed by atoms with Crippen molar-refractivity contribution in [3.8, 4) is 11.8 Å². The molecular weight excluding hydrogens is 386 g/mol. The van der Waals surface area contributed by atoms with Crippen molar-refractivity contribution in [3.63, 3.8) is 0 Å². The number of aromatic nitrogens is 4. The Hall–Kier alpha value is -3.49. The van der Waals surface area contributed by atoms with Crippen molar-refractivity contribution in [1.29, 1.82) is 0 Å². The van der Waals surface area contributed by atoms with E-state index in [1.807, 2.05) is 12.1 Å². The molecule has 0 saturated carbocycles. The largest absolute Gasteiger partial charge is 0.480 e. The third kappa shape index (κ3) is 4.40. The second kappa shape index (κ2) is 8.89. The molecule has 0 radical (unpaired) electrons. The maximum absolute atomic E-state index is 12.7. The number of amides is 1. The highest BCUT2D eigenvalue weighted by Gasteiger charge is 2.25. The number of methoxy groups -OCH3 is 1. The quantitative estimate of drug-likeness (QED) is 0.610. The summed E-state index contributed by atoms with van der Waals surface area (Å²) in [6.45, 7) is 1.44. The summed E-state index contributed by atoms with van der Waals surface area (Å²) in [7, 11) is 1.52. The Labute approximate surface area is 173 Å². The van der Waals surface area contributed by atoms with Crippen LogP contribution in [0.4, 0.5) is 0 Å². The molecule has 1 saturated heterocycles. The highest BCUT2D eigenvalue weighted by molar-refractivity contribution is 5.77. The van der Waals surface area contributed by atoms with Crippen LogP contribution in [0.5, 0.6) is 11.8 Å². The average molecular weight is 409 g/mol. The van der Waals surface area contributed by atoms with E-state index in [9.17, 15) is 9.59 Å². The number of piperidine rings is 1. The second-order valence-electron chi connectivity index (χ2n) is 7.13. The molecule has 1 unspecified atom stereocenters. The highest BCUT2D eigenvalue weighted by atomic mass is 16.5. The number of carbonyl (C=O) groups excluding carboxylic acids is 1. The van der Waals surface area contributed by atoms with Crippen molar-refractivity contribution in [1.82, 2.24) is 24.4 Å². The summed E-state index contributed by atoms with van der Waals surface area (Å²) >= 11 is 0. The molecule has 9 heteroatoms. The van der Waals surface area contributed by atoms with E-state index < -0.39 is 0 Å². The number of nitrogens with zero attached hydrogens (tertiary/aromatic N) is 5. The molecule has 1 aliphatic heterocycles. The summed E-state index contributed by atoms with van der Waals surface area (Å²) in [6.07, 6.45) is 6.28. The molecule has 1 aromatic carbocycles. The SMILES string of the molecule is COc1cncc(OC2CCCN(C(=O)CCn3cnc4ccccc4c3=O)C2)n1. The lowest BCUT2D eigenvalue weighted by Gasteiger charge is -2.32. The van der Waals surface area contributed by atoms with E-state index in [4.69, 9.17) is 9.47 Å². The van der Waals surface area contributed by atoms with Crippen molar-refractivity contribution in [3.05, 3.63) is 53.3 Å². The first-order chi connectivity index (χ1) is 14.6. The van der Waals surface area contributed by atoms with E-state index in [1.165, 1.54) is 30.4 Å². The Morgan fingerprint density at radius 3 is 2.93 bits per heavy atom. The molecule has 0 bridgehead atoms. The van der Waals surface area contributed by atoms with E-state index in [0.29, 0.717) is 42.3 Å². The van der Waals surface area contributed by atoms with Gasteiger partial charge in [-0.05, 0) is 25.0 Å². The van der Waals surface area contributed by atoms with Gasteiger partial charge in [0.15, 0.2) is 0 Å². The number of para-hydroxylation sites is 1. The monoisotopic (exact) mass is 409 g/mol. The zero-order valence-electron chi connectivity index (χ0n) is 16.7. The summed E-state index contributed by atoms with van der Waals surface area (Å²) in [5.41, 5.74) is 0.520. The topological polar surface area (TPSA) is 99.4 Å². The number of benzene rings is 1. The number of likely N-dealkylation sites (tertiary alicyclic amines) is 1. The van der Waals surface area contributed by atoms with Crippen LogP contribution in [0.25, 0.3) is 10.9 Å². The molecule has 156 valence electrons. The Balaban J connectivity index is 1.36. The normalized spacial score (nSPS) is 16.4. The first-order valence-electron chi connectivity index (χ1n) is 9.88. The predicted molar refractivity (Wildman–Crippen MR) is 109 cm³/mol. The van der Waals surface area contributed by atoms with E-state index in [1.54, 1.807) is 17.0 Å². The molecule has 1 amide bonds. The molecule has 4 rings (SSSR count). The molecule has 0 aliphatic carbocycles. The molecule has 1 atom stereocenters. The van der Waals surface area contributed by atoms with Crippen LogP contribution in [0.1, 0.15) is 19.3 Å². The number of ether oxygens (including phenoxy) is 2. The van der Waals surface area contributed by atoms with Crippen LogP contribution in [-0.4, -0.2) is 56.6 Å². The van der Waals surface area contributed by atoms with Crippen molar-refractivity contribution in [2.45, 2.75) is 31.9 Å². The van der Waals surface area contributed by atoms with Crippen molar-refractivity contribution in [2.75, 3.05) is 20.2 Å². The molecular formula is C21H23N5O4. The van der Waals surface area contributed by atoms with Gasteiger partial charge in [-0.1, -0.05) is 12.1 Å². The maximum Gasteiger partial charge on any atom is 0.261 e. The van der Waals surface area contributed by atoms with Crippen molar-refractivity contribution < 1.29 is 14.3 Å². The van der Waals surface area contributed by atoms with Gasteiger partial charge < -0.3 is 14.4 Å². The maximum atomic E-state index is 12.7. The molecule has 0 spiro atoms. The number of fused-ring (bicyclic) bond motifs is 1. The van der Waals surface area contributed by atoms with Crippen LogP contribution in [-0.2, 0) is 11.3 Å². The lowest BCUT2D eigenvalue weighted by Crippen LogP contribution is -2.44. The average Bonchev–Trinajstić information content (AvgIpc) is 2.79. The number of hydrogen-bond acceptors (Lipinski definition) is 7. The second-order valence-corrected chi connectivity index (χ2v) is 7.13. The van der Waals surface area contributed by atoms with Crippen LogP contribution in [0.3, 0.4) is 0 Å². The summed E-state index contributed by atoms with van der Waals surface area (Å²) in [5, 5.41) is 0.554. The fourth-order valence-corrected chi connectivity index (χ4v) is 3.56. The van der Waals surface area contributed by atoms with Gasteiger partial charge in [0.1, 0.15) is 6.10 Å². The molecule has 0 N–H and O–H groups in total. The number of hydrogen-bond donors (Lipinski definition) is 0. The molecule has 1 fully saturated rings. The zero-order chi connectivity index (χ0) is 20.9. The van der Waals surface area contributed by atoms with E-state index in [-0.39, 0.29) is 24.0 Å². The fraction of sp³-hybridized carbons (Fsp3) is 0.381. The molecule has 30 heavy (non-hydrogen) atoms. The number of aryl methyl sites for hydroxylation is 1. The summed E-state index contributed by atoms with van der Waals surface area (Å²) in [6, 6.07) is 7.19. The number of carbonyl (C=O) groups is 1. The molecule has 3 heterocycles. The van der Waals surface area contributed by atoms with Crippen molar-refractivity contribution in [2.24, 2.45) is 0 Å². The van der Waals surface area contributed by atoms with Gasteiger partial charge in [-0.15, -0.1) is 0 Å². The molecule has 9 nitrogen and oxygen atoms in total. The molecule has 2 aromatic heterocycles. The summed E-state index contributed by atoms with van der Waals surface area (Å²) in [5.74, 6) is 0.744. The lowest BCUT2D eigenvalue weighted by atomic mass is 10.1. The van der Waals surface area contributed by atoms with E-state index in [0.717, 1.165) is 12.8 Å². The van der Waals surface area contributed by atoms with Crippen LogP contribution in [0.2, 0.25) is 0 Å². The predicted octanol–water partition coefficient (Wildman–Crippen LogP) is 1.66. The van der Waals surface area contributed by atoms with Gasteiger partial charge in [0.25, 0.3) is 5.56 Å². The smallest absolute Gasteiger partial charge is 0.261 e. The third-order valence-electron chi connectivity index (χ3n) is 5.12. The van der Waals surface area contributed by atoms with Crippen LogP contribution < -0.4 is 15.0 Å². The van der Waals surface area contributed by atoms with Gasteiger partial charge in [-0.25, -0.2) is 4.98 Å².